The van der Waals surface area contributed by atoms with Crippen LogP contribution in [0, 0.1) is 12.8 Å². The number of unbranched alkanes of at least 4 members (excludes halogenated alkanes) is 2. The van der Waals surface area contributed by atoms with Gasteiger partial charge in [-0.15, -0.1) is 0 Å². The molecule has 0 radical (unpaired) electrons. The Kier molecular flexibility index (Phi) is 12.0. The summed E-state index contributed by atoms with van der Waals surface area (Å²) in [5.74, 6) is 0.0504. The number of thioether (sulfide) groups is 1. The van der Waals surface area contributed by atoms with Gasteiger partial charge in [-0.2, -0.15) is 0 Å². The summed E-state index contributed by atoms with van der Waals surface area (Å²) >= 11 is 1.26. The highest BCUT2D eigenvalue weighted by atomic mass is 32.2. The van der Waals surface area contributed by atoms with Crippen LogP contribution in [0.1, 0.15) is 110 Å². The predicted molar refractivity (Wildman–Crippen MR) is 157 cm³/mol. The quantitative estimate of drug-likeness (QED) is 0.0996. The maximum atomic E-state index is 13.5. The minimum absolute atomic E-state index is 0.0454. The fourth-order valence-electron chi connectivity index (χ4n) is 4.95. The van der Waals surface area contributed by atoms with E-state index in [1.54, 1.807) is 0 Å². The van der Waals surface area contributed by atoms with Gasteiger partial charge in [-0.3, -0.25) is 0 Å². The molecule has 212 valence electrons. The zero-order valence-electron chi connectivity index (χ0n) is 24.4. The smallest absolute Gasteiger partial charge is 0.349 e. The van der Waals surface area contributed by atoms with Gasteiger partial charge in [-0.25, -0.2) is 4.79 Å². The molecule has 1 aromatic rings. The molecule has 0 spiro atoms. The normalized spacial score (nSPS) is 19.8. The van der Waals surface area contributed by atoms with Crippen molar-refractivity contribution < 1.29 is 24.9 Å². The number of hydrogen-bond acceptors (Lipinski definition) is 6. The van der Waals surface area contributed by atoms with Gasteiger partial charge in [0.25, 0.3) is 0 Å². The van der Waals surface area contributed by atoms with Gasteiger partial charge in [0.15, 0.2) is 0 Å². The lowest BCUT2D eigenvalue weighted by Crippen LogP contribution is -2.45. The van der Waals surface area contributed by atoms with Crippen molar-refractivity contribution in [3.05, 3.63) is 63.5 Å². The first-order valence-electron chi connectivity index (χ1n) is 14.0. The van der Waals surface area contributed by atoms with Crippen molar-refractivity contribution in [1.29, 1.82) is 0 Å². The molecule has 1 aromatic carbocycles. The van der Waals surface area contributed by atoms with Crippen LogP contribution in [0.25, 0.3) is 0 Å². The summed E-state index contributed by atoms with van der Waals surface area (Å²) in [7, 11) is 0. The lowest BCUT2D eigenvalue weighted by Gasteiger charge is -2.42. The third-order valence-electron chi connectivity index (χ3n) is 7.47. The van der Waals surface area contributed by atoms with Crippen LogP contribution in [0.2, 0.25) is 0 Å². The third kappa shape index (κ3) is 8.41. The van der Waals surface area contributed by atoms with Crippen LogP contribution in [-0.2, 0) is 21.6 Å². The van der Waals surface area contributed by atoms with E-state index in [9.17, 15) is 20.1 Å². The molecule has 0 bridgehead atoms. The van der Waals surface area contributed by atoms with Crippen LogP contribution in [0.5, 0.6) is 0 Å². The predicted octanol–water partition coefficient (Wildman–Crippen LogP) is 8.74. The largest absolute Gasteiger partial charge is 0.512 e. The number of allylic oxidation sites excluding steroid dienone is 3. The molecular formula is C32H48O5S. The number of aryl methyl sites for hydroxylation is 1. The molecule has 0 amide bonds. The molecule has 0 fully saturated rings. The minimum Gasteiger partial charge on any atom is -0.512 e. The van der Waals surface area contributed by atoms with E-state index in [0.29, 0.717) is 31.4 Å². The number of rotatable bonds is 13. The van der Waals surface area contributed by atoms with Crippen LogP contribution in [0.4, 0.5) is 0 Å². The Bertz CT molecular complexity index is 1050. The highest BCUT2D eigenvalue weighted by molar-refractivity contribution is 8.04. The van der Waals surface area contributed by atoms with E-state index < -0.39 is 11.6 Å². The van der Waals surface area contributed by atoms with Crippen LogP contribution in [0.3, 0.4) is 0 Å². The number of carbonyl (C=O) groups is 1. The van der Waals surface area contributed by atoms with Crippen molar-refractivity contribution in [2.75, 3.05) is 0 Å². The highest BCUT2D eigenvalue weighted by Crippen LogP contribution is 2.46. The summed E-state index contributed by atoms with van der Waals surface area (Å²) in [5.41, 5.74) is 1.84. The fourth-order valence-corrected chi connectivity index (χ4v) is 6.20. The number of benzene rings is 1. The Morgan fingerprint density at radius 2 is 1.97 bits per heavy atom. The van der Waals surface area contributed by atoms with Crippen LogP contribution in [0.15, 0.2) is 51.7 Å². The summed E-state index contributed by atoms with van der Waals surface area (Å²) in [4.78, 5) is 14.6. The molecule has 5 nitrogen and oxygen atoms in total. The topological polar surface area (TPSA) is 87.0 Å². The molecule has 0 saturated carbocycles. The van der Waals surface area contributed by atoms with E-state index in [0.717, 1.165) is 47.3 Å². The molecular weight excluding hydrogens is 496 g/mol. The molecule has 3 N–H and O–H groups in total. The number of esters is 1. The molecule has 6 heteroatoms. The van der Waals surface area contributed by atoms with Crippen LogP contribution >= 0.6 is 11.8 Å². The number of aliphatic hydroxyl groups excluding tert-OH is 3. The number of ether oxygens (including phenoxy) is 1. The van der Waals surface area contributed by atoms with Gasteiger partial charge < -0.3 is 20.1 Å². The molecule has 1 unspecified atom stereocenters. The van der Waals surface area contributed by atoms with E-state index in [2.05, 4.69) is 34.6 Å². The summed E-state index contributed by atoms with van der Waals surface area (Å²) < 4.78 is 6.25. The standard InChI is InChI=1S/C32H48O5S/c1-8-10-14-23(4)32(17-13-12-16-25(34)15-11-9-2)20-27(35)29(30(36)37-32)38-28-18-22(3)24(21-33)19-26(28)31(5,6)7/h9,11,16,18-19,23,33-35H,8,10,12-15,17,20-21H2,1-7H3/b11-9-,25-16+/t23-,32?/m1/s1. The molecule has 0 aliphatic carbocycles. The Morgan fingerprint density at radius 1 is 1.26 bits per heavy atom. The molecule has 2 rings (SSSR count). The number of hydrogen-bond donors (Lipinski definition) is 3. The highest BCUT2D eigenvalue weighted by Gasteiger charge is 2.45. The van der Waals surface area contributed by atoms with Crippen LogP contribution in [-0.4, -0.2) is 26.9 Å². The van der Waals surface area contributed by atoms with E-state index >= 15 is 0 Å². The Balaban J connectivity index is 2.35. The first-order chi connectivity index (χ1) is 17.9. The zero-order valence-corrected chi connectivity index (χ0v) is 25.2. The molecule has 0 aromatic heterocycles. The van der Waals surface area contributed by atoms with Gasteiger partial charge in [-0.1, -0.05) is 77.4 Å². The lowest BCUT2D eigenvalue weighted by molar-refractivity contribution is -0.166. The van der Waals surface area contributed by atoms with E-state index in [4.69, 9.17) is 4.74 Å². The van der Waals surface area contributed by atoms with Gasteiger partial charge in [0.1, 0.15) is 16.3 Å². The molecule has 2 atom stereocenters. The van der Waals surface area contributed by atoms with Gasteiger partial charge in [0.2, 0.25) is 0 Å². The summed E-state index contributed by atoms with van der Waals surface area (Å²) in [6.07, 6.45) is 11.5. The van der Waals surface area contributed by atoms with Gasteiger partial charge in [0, 0.05) is 17.7 Å². The second-order valence-electron chi connectivity index (χ2n) is 11.6. The van der Waals surface area contributed by atoms with E-state index in [1.807, 2.05) is 44.2 Å². The minimum atomic E-state index is -0.767. The lowest BCUT2D eigenvalue weighted by atomic mass is 9.77. The average Bonchev–Trinajstić information content (AvgIpc) is 2.85. The number of cyclic esters (lactones) is 1. The Hall–Kier alpha value is -2.18. The van der Waals surface area contributed by atoms with E-state index in [-0.39, 0.29) is 28.6 Å². The summed E-state index contributed by atoms with van der Waals surface area (Å²) in [5, 5.41) is 31.1. The van der Waals surface area contributed by atoms with Crippen molar-refractivity contribution in [1.82, 2.24) is 0 Å². The first-order valence-corrected chi connectivity index (χ1v) is 14.8. The molecule has 1 aliphatic rings. The van der Waals surface area contributed by atoms with Gasteiger partial charge in [0.05, 0.1) is 12.4 Å². The van der Waals surface area contributed by atoms with Crippen LogP contribution < -0.4 is 0 Å². The first kappa shape index (κ1) is 32.0. The molecule has 0 saturated heterocycles. The summed E-state index contributed by atoms with van der Waals surface area (Å²) in [6.45, 7) is 14.4. The van der Waals surface area contributed by atoms with Crippen molar-refractivity contribution in [2.45, 2.75) is 122 Å². The van der Waals surface area contributed by atoms with E-state index in [1.165, 1.54) is 11.8 Å². The second-order valence-corrected chi connectivity index (χ2v) is 12.6. The third-order valence-corrected chi connectivity index (χ3v) is 8.64. The van der Waals surface area contributed by atoms with Gasteiger partial charge >= 0.3 is 5.97 Å². The monoisotopic (exact) mass is 544 g/mol. The number of carbonyl (C=O) groups excluding carboxylic acids is 1. The molecule has 1 heterocycles. The summed E-state index contributed by atoms with van der Waals surface area (Å²) in [6, 6.07) is 3.99. The fraction of sp³-hybridized carbons (Fsp3) is 0.594. The number of aliphatic hydroxyl groups is 3. The maximum Gasteiger partial charge on any atom is 0.349 e. The van der Waals surface area contributed by atoms with Crippen molar-refractivity contribution in [3.8, 4) is 0 Å². The SMILES string of the molecule is C/C=C\C/C(O)=C\CCCC1([C@H](C)CCCC)CC(O)=C(Sc2cc(C)c(CO)cc2C(C)(C)C)C(=O)O1. The second kappa shape index (κ2) is 14.3. The Labute approximate surface area is 234 Å². The van der Waals surface area contributed by atoms with Crippen molar-refractivity contribution >= 4 is 17.7 Å². The Morgan fingerprint density at radius 3 is 2.55 bits per heavy atom. The van der Waals surface area contributed by atoms with Gasteiger partial charge in [-0.05, 0) is 79.7 Å². The van der Waals surface area contributed by atoms with Crippen molar-refractivity contribution in [3.63, 3.8) is 0 Å². The molecule has 38 heavy (non-hydrogen) atoms. The van der Waals surface area contributed by atoms with Crippen molar-refractivity contribution in [2.24, 2.45) is 5.92 Å². The maximum absolute atomic E-state index is 13.5. The molecule has 1 aliphatic heterocycles. The average molecular weight is 545 g/mol. The zero-order chi connectivity index (χ0) is 28.5.